The Morgan fingerprint density at radius 1 is 1.14 bits per heavy atom. The van der Waals surface area contributed by atoms with Crippen LogP contribution in [0.2, 0.25) is 0 Å². The van der Waals surface area contributed by atoms with Crippen LogP contribution in [-0.2, 0) is 0 Å². The fourth-order valence-corrected chi connectivity index (χ4v) is 3.68. The second-order valence-electron chi connectivity index (χ2n) is 7.24. The lowest BCUT2D eigenvalue weighted by molar-refractivity contribution is 0.159. The van der Waals surface area contributed by atoms with Crippen molar-refractivity contribution in [2.45, 2.75) is 95.7 Å². The Morgan fingerprint density at radius 3 is 2.43 bits per heavy atom. The van der Waals surface area contributed by atoms with Gasteiger partial charge in [0.25, 0.3) is 0 Å². The molecule has 3 nitrogen and oxygen atoms in total. The molecule has 2 aliphatic rings. The summed E-state index contributed by atoms with van der Waals surface area (Å²) in [7, 11) is 0. The Kier molecular flexibility index (Phi) is 6.51. The van der Waals surface area contributed by atoms with E-state index in [0.29, 0.717) is 6.04 Å². The number of rotatable bonds is 9. The van der Waals surface area contributed by atoms with Gasteiger partial charge < -0.3 is 4.90 Å². The summed E-state index contributed by atoms with van der Waals surface area (Å²) in [4.78, 5) is 2.68. The molecule has 120 valence electrons. The Hall–Kier alpha value is -0.590. The third-order valence-corrected chi connectivity index (χ3v) is 5.22. The molecule has 0 aromatic carbocycles. The summed E-state index contributed by atoms with van der Waals surface area (Å²) in [6, 6.07) is 3.93. The smallest absolute Gasteiger partial charge is 0.104 e. The molecule has 0 bridgehead atoms. The van der Waals surface area contributed by atoms with Crippen molar-refractivity contribution >= 4 is 0 Å². The van der Waals surface area contributed by atoms with Gasteiger partial charge in [-0.05, 0) is 65.0 Å². The molecular weight excluding hydrogens is 258 g/mol. The summed E-state index contributed by atoms with van der Waals surface area (Å²) in [5, 5.41) is 12.9. The molecule has 3 heteroatoms. The SMILES string of the molecule is CCN(CCCCC(C)(C#N)NC1CC1)C1CCCCC1. The standard InChI is InChI=1S/C18H33N3/c1-3-21(17-9-5-4-6-10-17)14-8-7-13-18(2,15-19)20-16-11-12-16/h16-17,20H,3-14H2,1-2H3. The van der Waals surface area contributed by atoms with Crippen molar-refractivity contribution in [2.75, 3.05) is 13.1 Å². The first-order valence-electron chi connectivity index (χ1n) is 9.10. The molecule has 0 aromatic rings. The number of nitrogens with zero attached hydrogens (tertiary/aromatic N) is 2. The fourth-order valence-electron chi connectivity index (χ4n) is 3.68. The van der Waals surface area contributed by atoms with Crippen molar-refractivity contribution in [1.29, 1.82) is 5.26 Å². The quantitative estimate of drug-likeness (QED) is 0.656. The molecule has 1 atom stereocenters. The molecule has 0 amide bonds. The third-order valence-electron chi connectivity index (χ3n) is 5.22. The topological polar surface area (TPSA) is 39.1 Å². The van der Waals surface area contributed by atoms with E-state index < -0.39 is 0 Å². The molecule has 0 aromatic heterocycles. The third kappa shape index (κ3) is 5.60. The summed E-state index contributed by atoms with van der Waals surface area (Å²) >= 11 is 0. The van der Waals surface area contributed by atoms with E-state index in [1.807, 2.05) is 0 Å². The Morgan fingerprint density at radius 2 is 1.86 bits per heavy atom. The van der Waals surface area contributed by atoms with Crippen molar-refractivity contribution in [2.24, 2.45) is 0 Å². The van der Waals surface area contributed by atoms with Crippen molar-refractivity contribution < 1.29 is 0 Å². The lowest BCUT2D eigenvalue weighted by Crippen LogP contribution is -2.42. The monoisotopic (exact) mass is 291 g/mol. The molecule has 0 spiro atoms. The van der Waals surface area contributed by atoms with Gasteiger partial charge in [-0.3, -0.25) is 5.32 Å². The van der Waals surface area contributed by atoms with Gasteiger partial charge in [-0.25, -0.2) is 0 Å². The molecule has 21 heavy (non-hydrogen) atoms. The normalized spacial score (nSPS) is 23.0. The highest BCUT2D eigenvalue weighted by atomic mass is 15.1. The van der Waals surface area contributed by atoms with Crippen LogP contribution in [0.5, 0.6) is 0 Å². The molecule has 2 fully saturated rings. The van der Waals surface area contributed by atoms with Crippen LogP contribution >= 0.6 is 0 Å². The zero-order valence-electron chi connectivity index (χ0n) is 14.0. The Bertz CT molecular complexity index is 339. The van der Waals surface area contributed by atoms with Gasteiger partial charge in [0.1, 0.15) is 5.54 Å². The van der Waals surface area contributed by atoms with E-state index >= 15 is 0 Å². The predicted molar refractivity (Wildman–Crippen MR) is 88.1 cm³/mol. The van der Waals surface area contributed by atoms with Crippen molar-refractivity contribution in [3.8, 4) is 6.07 Å². The van der Waals surface area contributed by atoms with Gasteiger partial charge in [0.2, 0.25) is 0 Å². The lowest BCUT2D eigenvalue weighted by Gasteiger charge is -2.33. The largest absolute Gasteiger partial charge is 0.301 e. The van der Waals surface area contributed by atoms with Crippen LogP contribution in [0, 0.1) is 11.3 Å². The fraction of sp³-hybridized carbons (Fsp3) is 0.944. The average Bonchev–Trinajstić information content (AvgIpc) is 3.32. The average molecular weight is 291 g/mol. The van der Waals surface area contributed by atoms with Crippen LogP contribution in [0.1, 0.15) is 78.1 Å². The maximum atomic E-state index is 9.40. The molecule has 2 aliphatic carbocycles. The minimum Gasteiger partial charge on any atom is -0.301 e. The number of unbranched alkanes of at least 4 members (excludes halogenated alkanes) is 1. The van der Waals surface area contributed by atoms with Crippen LogP contribution in [0.4, 0.5) is 0 Å². The molecule has 0 heterocycles. The number of hydrogen-bond donors (Lipinski definition) is 1. The van der Waals surface area contributed by atoms with E-state index in [-0.39, 0.29) is 5.54 Å². The van der Waals surface area contributed by atoms with Gasteiger partial charge in [0.05, 0.1) is 6.07 Å². The van der Waals surface area contributed by atoms with Gasteiger partial charge in [-0.1, -0.05) is 26.2 Å². The maximum Gasteiger partial charge on any atom is 0.104 e. The highest BCUT2D eigenvalue weighted by Crippen LogP contribution is 2.25. The Balaban J connectivity index is 1.65. The highest BCUT2D eigenvalue weighted by molar-refractivity contribution is 5.06. The molecule has 0 aliphatic heterocycles. The summed E-state index contributed by atoms with van der Waals surface area (Å²) in [6.07, 6.45) is 12.9. The van der Waals surface area contributed by atoms with Gasteiger partial charge in [0.15, 0.2) is 0 Å². The van der Waals surface area contributed by atoms with Gasteiger partial charge in [-0.2, -0.15) is 5.26 Å². The minimum absolute atomic E-state index is 0.303. The molecule has 1 N–H and O–H groups in total. The molecular formula is C18H33N3. The summed E-state index contributed by atoms with van der Waals surface area (Å²) in [5.41, 5.74) is -0.303. The Labute approximate surface area is 131 Å². The molecule has 0 saturated heterocycles. The van der Waals surface area contributed by atoms with Gasteiger partial charge in [0, 0.05) is 12.1 Å². The molecule has 1 unspecified atom stereocenters. The van der Waals surface area contributed by atoms with Crippen molar-refractivity contribution in [3.63, 3.8) is 0 Å². The highest BCUT2D eigenvalue weighted by Gasteiger charge is 2.32. The van der Waals surface area contributed by atoms with E-state index in [0.717, 1.165) is 18.9 Å². The number of nitrogens with one attached hydrogen (secondary N) is 1. The van der Waals surface area contributed by atoms with E-state index in [1.165, 1.54) is 64.5 Å². The van der Waals surface area contributed by atoms with Crippen LogP contribution in [0.3, 0.4) is 0 Å². The first-order valence-corrected chi connectivity index (χ1v) is 9.10. The zero-order valence-corrected chi connectivity index (χ0v) is 14.0. The van der Waals surface area contributed by atoms with Gasteiger partial charge >= 0.3 is 0 Å². The van der Waals surface area contributed by atoms with Crippen molar-refractivity contribution in [1.82, 2.24) is 10.2 Å². The second kappa shape index (κ2) is 8.15. The van der Waals surface area contributed by atoms with E-state index in [1.54, 1.807) is 0 Å². The summed E-state index contributed by atoms with van der Waals surface area (Å²) < 4.78 is 0. The molecule has 2 saturated carbocycles. The van der Waals surface area contributed by atoms with Crippen LogP contribution < -0.4 is 5.32 Å². The minimum atomic E-state index is -0.303. The second-order valence-corrected chi connectivity index (χ2v) is 7.24. The van der Waals surface area contributed by atoms with E-state index in [4.69, 9.17) is 0 Å². The van der Waals surface area contributed by atoms with Crippen LogP contribution in [0.15, 0.2) is 0 Å². The molecule has 2 rings (SSSR count). The zero-order chi connectivity index (χ0) is 15.1. The molecule has 0 radical (unpaired) electrons. The summed E-state index contributed by atoms with van der Waals surface area (Å²) in [6.45, 7) is 6.76. The van der Waals surface area contributed by atoms with Crippen LogP contribution in [0.25, 0.3) is 0 Å². The first-order chi connectivity index (χ1) is 10.2. The first kappa shape index (κ1) is 16.8. The summed E-state index contributed by atoms with van der Waals surface area (Å²) in [5.74, 6) is 0. The number of nitriles is 1. The van der Waals surface area contributed by atoms with Gasteiger partial charge in [-0.15, -0.1) is 0 Å². The van der Waals surface area contributed by atoms with Crippen LogP contribution in [-0.4, -0.2) is 35.6 Å². The van der Waals surface area contributed by atoms with Crippen molar-refractivity contribution in [3.05, 3.63) is 0 Å². The lowest BCUT2D eigenvalue weighted by atomic mass is 9.93. The van der Waals surface area contributed by atoms with E-state index in [9.17, 15) is 5.26 Å². The number of hydrogen-bond acceptors (Lipinski definition) is 3. The predicted octanol–water partition coefficient (Wildman–Crippen LogP) is 3.85. The maximum absolute atomic E-state index is 9.40. The van der Waals surface area contributed by atoms with E-state index in [2.05, 4.69) is 30.1 Å².